The minimum Gasteiger partial charge on any atom is -0.393 e. The van der Waals surface area contributed by atoms with E-state index in [9.17, 15) is 9.59 Å². The summed E-state index contributed by atoms with van der Waals surface area (Å²) in [5.41, 5.74) is -0.0373. The molecule has 0 N–H and O–H groups in total. The lowest BCUT2D eigenvalue weighted by Crippen LogP contribution is -2.32. The molecule has 1 atom stereocenters. The fourth-order valence-corrected chi connectivity index (χ4v) is 4.00. The molecule has 3 heteroatoms. The lowest BCUT2D eigenvalue weighted by molar-refractivity contribution is -0.154. The topological polar surface area (TPSA) is 43.4 Å². The molecule has 134 valence electrons. The fourth-order valence-electron chi connectivity index (χ4n) is 4.00. The Morgan fingerprint density at radius 3 is 1.83 bits per heavy atom. The van der Waals surface area contributed by atoms with Crippen LogP contribution in [0.3, 0.4) is 0 Å². The SMILES string of the molecule is CCCCCCCCCCCC(CC)(CC)C1CC(=O)OC1=O. The van der Waals surface area contributed by atoms with Crippen molar-refractivity contribution in [3.8, 4) is 0 Å². The first-order valence-corrected chi connectivity index (χ1v) is 9.84. The number of carbonyl (C=O) groups excluding carboxylic acids is 2. The van der Waals surface area contributed by atoms with E-state index in [4.69, 9.17) is 4.74 Å². The van der Waals surface area contributed by atoms with Gasteiger partial charge in [-0.1, -0.05) is 78.6 Å². The van der Waals surface area contributed by atoms with Gasteiger partial charge in [0.2, 0.25) is 0 Å². The van der Waals surface area contributed by atoms with Crippen LogP contribution in [0.1, 0.15) is 104 Å². The van der Waals surface area contributed by atoms with E-state index in [1.807, 2.05) is 0 Å². The maximum Gasteiger partial charge on any atom is 0.317 e. The van der Waals surface area contributed by atoms with Crippen molar-refractivity contribution in [2.45, 2.75) is 104 Å². The Hall–Kier alpha value is -0.860. The first kappa shape index (κ1) is 20.2. The van der Waals surface area contributed by atoms with Crippen LogP contribution in [-0.4, -0.2) is 11.9 Å². The number of cyclic esters (lactones) is 2. The first-order chi connectivity index (χ1) is 11.1. The molecule has 0 saturated carbocycles. The van der Waals surface area contributed by atoms with Crippen LogP contribution in [0, 0.1) is 11.3 Å². The summed E-state index contributed by atoms with van der Waals surface area (Å²) in [5.74, 6) is -0.827. The molecule has 0 aromatic rings. The largest absolute Gasteiger partial charge is 0.393 e. The number of rotatable bonds is 13. The monoisotopic (exact) mass is 324 g/mol. The van der Waals surface area contributed by atoms with Gasteiger partial charge < -0.3 is 4.74 Å². The molecule has 0 radical (unpaired) electrons. The Kier molecular flexibility index (Phi) is 9.50. The van der Waals surface area contributed by atoms with Gasteiger partial charge in [0, 0.05) is 0 Å². The summed E-state index contributed by atoms with van der Waals surface area (Å²) >= 11 is 0. The van der Waals surface area contributed by atoms with E-state index in [2.05, 4.69) is 20.8 Å². The molecule has 1 heterocycles. The van der Waals surface area contributed by atoms with Gasteiger partial charge in [0.05, 0.1) is 12.3 Å². The van der Waals surface area contributed by atoms with Crippen LogP contribution in [0.4, 0.5) is 0 Å². The zero-order valence-electron chi connectivity index (χ0n) is 15.5. The molecule has 1 aliphatic rings. The number of esters is 2. The molecule has 0 aromatic carbocycles. The summed E-state index contributed by atoms with van der Waals surface area (Å²) in [4.78, 5) is 23.4. The molecular formula is C20H36O3. The average Bonchev–Trinajstić information content (AvgIpc) is 2.89. The number of unbranched alkanes of at least 4 members (excludes halogenated alkanes) is 8. The molecule has 23 heavy (non-hydrogen) atoms. The summed E-state index contributed by atoms with van der Waals surface area (Å²) in [7, 11) is 0. The molecule has 0 aromatic heterocycles. The van der Waals surface area contributed by atoms with E-state index in [0.717, 1.165) is 25.7 Å². The van der Waals surface area contributed by atoms with Crippen LogP contribution >= 0.6 is 0 Å². The van der Waals surface area contributed by atoms with Crippen molar-refractivity contribution in [2.75, 3.05) is 0 Å². The van der Waals surface area contributed by atoms with E-state index < -0.39 is 0 Å². The van der Waals surface area contributed by atoms with Crippen LogP contribution in [-0.2, 0) is 14.3 Å². The van der Waals surface area contributed by atoms with Gasteiger partial charge in [-0.25, -0.2) is 0 Å². The number of ether oxygens (including phenoxy) is 1. The highest BCUT2D eigenvalue weighted by Crippen LogP contribution is 2.45. The summed E-state index contributed by atoms with van der Waals surface area (Å²) in [5, 5.41) is 0. The second-order valence-corrected chi connectivity index (χ2v) is 7.20. The van der Waals surface area contributed by atoms with Crippen LogP contribution in [0.2, 0.25) is 0 Å². The van der Waals surface area contributed by atoms with Gasteiger partial charge in [0.25, 0.3) is 0 Å². The molecule has 3 nitrogen and oxygen atoms in total. The van der Waals surface area contributed by atoms with E-state index in [1.54, 1.807) is 0 Å². The third-order valence-corrected chi connectivity index (χ3v) is 5.80. The van der Waals surface area contributed by atoms with Gasteiger partial charge in [-0.15, -0.1) is 0 Å². The van der Waals surface area contributed by atoms with Crippen LogP contribution in [0.15, 0.2) is 0 Å². The predicted octanol–water partition coefficient (Wildman–Crippen LogP) is 5.80. The molecule has 1 saturated heterocycles. The lowest BCUT2D eigenvalue weighted by Gasteiger charge is -2.35. The molecule has 0 spiro atoms. The van der Waals surface area contributed by atoms with E-state index in [-0.39, 0.29) is 29.7 Å². The Balaban J connectivity index is 2.28. The number of hydrogen-bond donors (Lipinski definition) is 0. The highest BCUT2D eigenvalue weighted by atomic mass is 16.6. The van der Waals surface area contributed by atoms with Gasteiger partial charge in [0.15, 0.2) is 0 Å². The highest BCUT2D eigenvalue weighted by molar-refractivity contribution is 5.95. The van der Waals surface area contributed by atoms with Gasteiger partial charge in [-0.3, -0.25) is 9.59 Å². The Labute approximate surface area is 142 Å². The Morgan fingerprint density at radius 1 is 0.870 bits per heavy atom. The van der Waals surface area contributed by atoms with E-state index in [1.165, 1.54) is 51.4 Å². The number of carbonyl (C=O) groups is 2. The maximum atomic E-state index is 12.0. The second kappa shape index (κ2) is 10.8. The average molecular weight is 325 g/mol. The van der Waals surface area contributed by atoms with Crippen LogP contribution < -0.4 is 0 Å². The van der Waals surface area contributed by atoms with Gasteiger partial charge >= 0.3 is 11.9 Å². The molecule has 1 aliphatic heterocycles. The third kappa shape index (κ3) is 6.27. The minimum atomic E-state index is -0.335. The first-order valence-electron chi connectivity index (χ1n) is 9.84. The summed E-state index contributed by atoms with van der Waals surface area (Å²) in [6, 6.07) is 0. The summed E-state index contributed by atoms with van der Waals surface area (Å²) in [6.07, 6.45) is 15.1. The third-order valence-electron chi connectivity index (χ3n) is 5.80. The molecule has 0 amide bonds. The van der Waals surface area contributed by atoms with Crippen LogP contribution in [0.5, 0.6) is 0 Å². The zero-order valence-corrected chi connectivity index (χ0v) is 15.5. The van der Waals surface area contributed by atoms with Crippen molar-refractivity contribution in [1.82, 2.24) is 0 Å². The van der Waals surface area contributed by atoms with Gasteiger partial charge in [-0.05, 0) is 24.7 Å². The van der Waals surface area contributed by atoms with Gasteiger partial charge in [-0.2, -0.15) is 0 Å². The van der Waals surface area contributed by atoms with Crippen molar-refractivity contribution >= 4 is 11.9 Å². The van der Waals surface area contributed by atoms with E-state index in [0.29, 0.717) is 0 Å². The molecule has 1 fully saturated rings. The van der Waals surface area contributed by atoms with Crippen molar-refractivity contribution in [3.05, 3.63) is 0 Å². The van der Waals surface area contributed by atoms with Gasteiger partial charge in [0.1, 0.15) is 0 Å². The molecule has 1 rings (SSSR count). The Morgan fingerprint density at radius 2 is 1.39 bits per heavy atom. The van der Waals surface area contributed by atoms with Crippen molar-refractivity contribution in [2.24, 2.45) is 11.3 Å². The zero-order chi connectivity index (χ0) is 17.1. The van der Waals surface area contributed by atoms with Crippen molar-refractivity contribution < 1.29 is 14.3 Å². The van der Waals surface area contributed by atoms with Crippen molar-refractivity contribution in [3.63, 3.8) is 0 Å². The minimum absolute atomic E-state index is 0.0373. The summed E-state index contributed by atoms with van der Waals surface area (Å²) in [6.45, 7) is 6.54. The smallest absolute Gasteiger partial charge is 0.317 e. The Bertz CT molecular complexity index is 358. The van der Waals surface area contributed by atoms with E-state index >= 15 is 0 Å². The molecule has 0 bridgehead atoms. The fraction of sp³-hybridized carbons (Fsp3) is 0.900. The lowest BCUT2D eigenvalue weighted by atomic mass is 9.67. The molecule has 0 aliphatic carbocycles. The molecule has 1 unspecified atom stereocenters. The number of hydrogen-bond acceptors (Lipinski definition) is 3. The normalized spacial score (nSPS) is 18.5. The second-order valence-electron chi connectivity index (χ2n) is 7.20. The predicted molar refractivity (Wildman–Crippen MR) is 94.1 cm³/mol. The maximum absolute atomic E-state index is 12.0. The van der Waals surface area contributed by atoms with Crippen molar-refractivity contribution in [1.29, 1.82) is 0 Å². The van der Waals surface area contributed by atoms with Crippen LogP contribution in [0.25, 0.3) is 0 Å². The standard InChI is InChI=1S/C20H36O3/c1-4-7-8-9-10-11-12-13-14-15-20(5-2,6-3)17-16-18(21)23-19(17)22/h17H,4-16H2,1-3H3. The highest BCUT2D eigenvalue weighted by Gasteiger charge is 2.46. The summed E-state index contributed by atoms with van der Waals surface area (Å²) < 4.78 is 4.80. The molecular weight excluding hydrogens is 288 g/mol. The quantitative estimate of drug-likeness (QED) is 0.244.